The van der Waals surface area contributed by atoms with Crippen molar-refractivity contribution in [2.45, 2.75) is 50.7 Å². The molecule has 0 aliphatic carbocycles. The van der Waals surface area contributed by atoms with Crippen LogP contribution >= 0.6 is 0 Å². The van der Waals surface area contributed by atoms with Crippen molar-refractivity contribution in [2.75, 3.05) is 13.1 Å². The molecule has 1 aromatic rings. The second-order valence-corrected chi connectivity index (χ2v) is 5.90. The first-order valence-electron chi connectivity index (χ1n) is 7.50. The van der Waals surface area contributed by atoms with Crippen LogP contribution in [-0.4, -0.2) is 30.1 Å². The van der Waals surface area contributed by atoms with E-state index in [1.54, 1.807) is 12.1 Å². The SMILES string of the molecule is C[C@@H](NC1CCN2CCCCC12)c1ccccc1F. The Morgan fingerprint density at radius 3 is 2.89 bits per heavy atom. The van der Waals surface area contributed by atoms with E-state index < -0.39 is 0 Å². The zero-order valence-corrected chi connectivity index (χ0v) is 11.6. The third kappa shape index (κ3) is 2.67. The maximum Gasteiger partial charge on any atom is 0.127 e. The molecule has 2 nitrogen and oxygen atoms in total. The van der Waals surface area contributed by atoms with Crippen LogP contribution in [0.1, 0.15) is 44.2 Å². The zero-order chi connectivity index (χ0) is 13.2. The number of benzene rings is 1. The van der Waals surface area contributed by atoms with E-state index in [0.717, 1.165) is 5.56 Å². The van der Waals surface area contributed by atoms with Gasteiger partial charge < -0.3 is 5.32 Å². The monoisotopic (exact) mass is 262 g/mol. The number of hydrogen-bond donors (Lipinski definition) is 1. The van der Waals surface area contributed by atoms with Crippen LogP contribution in [0.2, 0.25) is 0 Å². The molecule has 19 heavy (non-hydrogen) atoms. The average molecular weight is 262 g/mol. The minimum absolute atomic E-state index is 0.0908. The highest BCUT2D eigenvalue weighted by molar-refractivity contribution is 5.21. The van der Waals surface area contributed by atoms with Gasteiger partial charge in [0.05, 0.1) is 0 Å². The molecule has 0 amide bonds. The first-order chi connectivity index (χ1) is 9.25. The first-order valence-corrected chi connectivity index (χ1v) is 7.50. The van der Waals surface area contributed by atoms with Gasteiger partial charge in [0, 0.05) is 30.2 Å². The molecule has 0 radical (unpaired) electrons. The molecule has 2 heterocycles. The van der Waals surface area contributed by atoms with Crippen molar-refractivity contribution in [1.29, 1.82) is 0 Å². The highest BCUT2D eigenvalue weighted by Gasteiger charge is 2.36. The Balaban J connectivity index is 1.67. The van der Waals surface area contributed by atoms with Gasteiger partial charge in [0.1, 0.15) is 5.82 Å². The lowest BCUT2D eigenvalue weighted by Gasteiger charge is -2.34. The number of halogens is 1. The Hall–Kier alpha value is -0.930. The van der Waals surface area contributed by atoms with Crippen molar-refractivity contribution in [1.82, 2.24) is 10.2 Å². The number of piperidine rings is 1. The van der Waals surface area contributed by atoms with Crippen molar-refractivity contribution >= 4 is 0 Å². The lowest BCUT2D eigenvalue weighted by Crippen LogP contribution is -2.45. The van der Waals surface area contributed by atoms with Crippen LogP contribution in [0.15, 0.2) is 24.3 Å². The van der Waals surface area contributed by atoms with Gasteiger partial charge >= 0.3 is 0 Å². The summed E-state index contributed by atoms with van der Waals surface area (Å²) in [5, 5.41) is 3.65. The topological polar surface area (TPSA) is 15.3 Å². The van der Waals surface area contributed by atoms with Crippen molar-refractivity contribution in [3.8, 4) is 0 Å². The predicted octanol–water partition coefficient (Wildman–Crippen LogP) is 3.10. The van der Waals surface area contributed by atoms with Gasteiger partial charge in [0.15, 0.2) is 0 Å². The molecule has 0 spiro atoms. The second-order valence-electron chi connectivity index (χ2n) is 5.90. The van der Waals surface area contributed by atoms with E-state index in [4.69, 9.17) is 0 Å². The molecule has 0 saturated carbocycles. The van der Waals surface area contributed by atoms with Gasteiger partial charge in [0.25, 0.3) is 0 Å². The highest BCUT2D eigenvalue weighted by Crippen LogP contribution is 2.29. The van der Waals surface area contributed by atoms with E-state index in [9.17, 15) is 4.39 Å². The van der Waals surface area contributed by atoms with E-state index in [0.29, 0.717) is 12.1 Å². The summed E-state index contributed by atoms with van der Waals surface area (Å²) in [7, 11) is 0. The summed E-state index contributed by atoms with van der Waals surface area (Å²) in [5.41, 5.74) is 0.789. The molecule has 0 bridgehead atoms. The maximum absolute atomic E-state index is 13.8. The van der Waals surface area contributed by atoms with Crippen molar-refractivity contribution in [2.24, 2.45) is 0 Å². The number of fused-ring (bicyclic) bond motifs is 1. The van der Waals surface area contributed by atoms with Crippen molar-refractivity contribution in [3.05, 3.63) is 35.6 Å². The van der Waals surface area contributed by atoms with Gasteiger partial charge in [-0.1, -0.05) is 24.6 Å². The molecule has 1 N–H and O–H groups in total. The standard InChI is InChI=1S/C16H23FN2/c1-12(13-6-2-3-7-14(13)17)18-15-9-11-19-10-5-4-8-16(15)19/h2-3,6-7,12,15-16,18H,4-5,8-11H2,1H3/t12-,15?,16?/m1/s1. The molecule has 2 saturated heterocycles. The molecule has 1 aromatic carbocycles. The van der Waals surface area contributed by atoms with Crippen LogP contribution in [-0.2, 0) is 0 Å². The fourth-order valence-electron chi connectivity index (χ4n) is 3.68. The van der Waals surface area contributed by atoms with Gasteiger partial charge in [-0.25, -0.2) is 4.39 Å². The Labute approximate surface area is 115 Å². The number of hydrogen-bond acceptors (Lipinski definition) is 2. The van der Waals surface area contributed by atoms with Crippen molar-refractivity contribution in [3.63, 3.8) is 0 Å². The summed E-state index contributed by atoms with van der Waals surface area (Å²) in [6.07, 6.45) is 5.17. The van der Waals surface area contributed by atoms with Crippen LogP contribution < -0.4 is 5.32 Å². The van der Waals surface area contributed by atoms with Crippen LogP contribution in [0.4, 0.5) is 4.39 Å². The summed E-state index contributed by atoms with van der Waals surface area (Å²) >= 11 is 0. The van der Waals surface area contributed by atoms with E-state index in [2.05, 4.69) is 17.1 Å². The summed E-state index contributed by atoms with van der Waals surface area (Å²) in [5.74, 6) is -0.0963. The fourth-order valence-corrected chi connectivity index (χ4v) is 3.68. The van der Waals surface area contributed by atoms with Crippen LogP contribution in [0.25, 0.3) is 0 Å². The normalized spacial score (nSPS) is 29.2. The van der Waals surface area contributed by atoms with E-state index >= 15 is 0 Å². The fraction of sp³-hybridized carbons (Fsp3) is 0.625. The molecule has 3 atom stereocenters. The van der Waals surface area contributed by atoms with Gasteiger partial charge in [-0.15, -0.1) is 0 Å². The minimum atomic E-state index is -0.0963. The molecule has 0 aromatic heterocycles. The highest BCUT2D eigenvalue weighted by atomic mass is 19.1. The molecule has 104 valence electrons. The number of nitrogens with one attached hydrogen (secondary N) is 1. The van der Waals surface area contributed by atoms with Crippen LogP contribution in [0.5, 0.6) is 0 Å². The number of rotatable bonds is 3. The average Bonchev–Trinajstić information content (AvgIpc) is 2.83. The molecule has 3 rings (SSSR count). The first kappa shape index (κ1) is 13.1. The third-order valence-corrected chi connectivity index (χ3v) is 4.69. The van der Waals surface area contributed by atoms with Gasteiger partial charge in [-0.3, -0.25) is 4.90 Å². The Bertz CT molecular complexity index is 435. The summed E-state index contributed by atoms with van der Waals surface area (Å²) in [4.78, 5) is 2.61. The summed E-state index contributed by atoms with van der Waals surface area (Å²) < 4.78 is 13.8. The molecule has 2 aliphatic heterocycles. The molecule has 3 heteroatoms. The summed E-state index contributed by atoms with van der Waals surface area (Å²) in [6, 6.07) is 8.39. The van der Waals surface area contributed by atoms with Crippen LogP contribution in [0, 0.1) is 5.82 Å². The molecular weight excluding hydrogens is 239 g/mol. The predicted molar refractivity (Wildman–Crippen MR) is 75.6 cm³/mol. The quantitative estimate of drug-likeness (QED) is 0.900. The lowest BCUT2D eigenvalue weighted by molar-refractivity contribution is 0.177. The van der Waals surface area contributed by atoms with Gasteiger partial charge in [0.2, 0.25) is 0 Å². The summed E-state index contributed by atoms with van der Waals surface area (Å²) in [6.45, 7) is 4.52. The molecule has 2 fully saturated rings. The van der Waals surface area contributed by atoms with Gasteiger partial charge in [-0.05, 0) is 38.8 Å². The molecular formula is C16H23FN2. The second kappa shape index (κ2) is 5.59. The smallest absolute Gasteiger partial charge is 0.127 e. The van der Waals surface area contributed by atoms with E-state index in [1.807, 2.05) is 12.1 Å². The van der Waals surface area contributed by atoms with E-state index in [-0.39, 0.29) is 11.9 Å². The minimum Gasteiger partial charge on any atom is -0.306 e. The van der Waals surface area contributed by atoms with Crippen molar-refractivity contribution < 1.29 is 4.39 Å². The Kier molecular flexibility index (Phi) is 3.85. The number of nitrogens with zero attached hydrogens (tertiary/aromatic N) is 1. The molecule has 2 unspecified atom stereocenters. The third-order valence-electron chi connectivity index (χ3n) is 4.69. The Morgan fingerprint density at radius 2 is 2.05 bits per heavy atom. The lowest BCUT2D eigenvalue weighted by atomic mass is 9.97. The zero-order valence-electron chi connectivity index (χ0n) is 11.6. The largest absolute Gasteiger partial charge is 0.306 e. The molecule has 2 aliphatic rings. The van der Waals surface area contributed by atoms with E-state index in [1.165, 1.54) is 38.8 Å². The van der Waals surface area contributed by atoms with Gasteiger partial charge in [-0.2, -0.15) is 0 Å². The maximum atomic E-state index is 13.8. The Morgan fingerprint density at radius 1 is 1.21 bits per heavy atom. The van der Waals surface area contributed by atoms with Crippen LogP contribution in [0.3, 0.4) is 0 Å².